The Labute approximate surface area is 152 Å². The van der Waals surface area contributed by atoms with Crippen LogP contribution in [-0.4, -0.2) is 16.6 Å². The number of carbonyl (C=O) groups excluding carboxylic acids is 1. The molecule has 0 aliphatic heterocycles. The molecule has 0 saturated carbocycles. The minimum atomic E-state index is 0.0244. The van der Waals surface area contributed by atoms with Crippen molar-refractivity contribution < 1.29 is 4.79 Å². The van der Waals surface area contributed by atoms with E-state index >= 15 is 0 Å². The molecule has 0 bridgehead atoms. The van der Waals surface area contributed by atoms with Crippen LogP contribution in [0.5, 0.6) is 0 Å². The number of para-hydroxylation sites is 1. The van der Waals surface area contributed by atoms with Gasteiger partial charge < -0.3 is 5.32 Å². The standard InChI is InChI=1S/C21H20N2OS/c1-16-15-20(18-9-5-6-10-19(18)22-16)23-21(24)12-14-25-13-11-17-7-3-2-4-8-17/h2-11,13,15H,12,14H2,1H3,(H,22,23,24)/b13-11-. The second-order valence-corrected chi connectivity index (χ2v) is 6.72. The first kappa shape index (κ1) is 17.2. The highest BCUT2D eigenvalue weighted by molar-refractivity contribution is 8.02. The summed E-state index contributed by atoms with van der Waals surface area (Å²) in [6.45, 7) is 1.94. The molecule has 0 saturated heterocycles. The Morgan fingerprint density at radius 3 is 2.72 bits per heavy atom. The molecule has 25 heavy (non-hydrogen) atoms. The van der Waals surface area contributed by atoms with Crippen LogP contribution in [0.2, 0.25) is 0 Å². The zero-order valence-corrected chi connectivity index (χ0v) is 14.9. The Morgan fingerprint density at radius 1 is 1.12 bits per heavy atom. The SMILES string of the molecule is Cc1cc(NC(=O)CCS/C=C\c2ccccc2)c2ccccc2n1. The minimum absolute atomic E-state index is 0.0244. The molecule has 0 atom stereocenters. The highest BCUT2D eigenvalue weighted by atomic mass is 32.2. The molecule has 3 aromatic rings. The van der Waals surface area contributed by atoms with Crippen LogP contribution in [0.15, 0.2) is 66.1 Å². The third-order valence-electron chi connectivity index (χ3n) is 3.72. The number of amides is 1. The Hall–Kier alpha value is -2.59. The number of rotatable bonds is 6. The maximum atomic E-state index is 12.2. The summed E-state index contributed by atoms with van der Waals surface area (Å²) in [6, 6.07) is 19.9. The van der Waals surface area contributed by atoms with Gasteiger partial charge in [-0.1, -0.05) is 48.5 Å². The van der Waals surface area contributed by atoms with Crippen LogP contribution in [0.3, 0.4) is 0 Å². The van der Waals surface area contributed by atoms with E-state index in [9.17, 15) is 4.79 Å². The number of carbonyl (C=O) groups is 1. The summed E-state index contributed by atoms with van der Waals surface area (Å²) in [5, 5.41) is 6.02. The highest BCUT2D eigenvalue weighted by Gasteiger charge is 2.07. The molecule has 0 aliphatic carbocycles. The summed E-state index contributed by atoms with van der Waals surface area (Å²) >= 11 is 1.64. The van der Waals surface area contributed by atoms with E-state index in [1.54, 1.807) is 11.8 Å². The van der Waals surface area contributed by atoms with Gasteiger partial charge in [-0.2, -0.15) is 0 Å². The van der Waals surface area contributed by atoms with Gasteiger partial charge in [-0.3, -0.25) is 9.78 Å². The largest absolute Gasteiger partial charge is 0.325 e. The number of aryl methyl sites for hydroxylation is 1. The Bertz CT molecular complexity index is 891. The lowest BCUT2D eigenvalue weighted by Gasteiger charge is -2.09. The number of nitrogens with one attached hydrogen (secondary N) is 1. The van der Waals surface area contributed by atoms with Crippen LogP contribution in [-0.2, 0) is 4.79 Å². The molecular formula is C21H20N2OS. The van der Waals surface area contributed by atoms with Gasteiger partial charge in [0.25, 0.3) is 0 Å². The van der Waals surface area contributed by atoms with E-state index in [0.717, 1.165) is 33.6 Å². The highest BCUT2D eigenvalue weighted by Crippen LogP contribution is 2.23. The molecule has 1 amide bonds. The van der Waals surface area contributed by atoms with E-state index in [1.165, 1.54) is 0 Å². The summed E-state index contributed by atoms with van der Waals surface area (Å²) < 4.78 is 0. The van der Waals surface area contributed by atoms with E-state index in [1.807, 2.05) is 60.9 Å². The van der Waals surface area contributed by atoms with Crippen molar-refractivity contribution in [2.45, 2.75) is 13.3 Å². The number of fused-ring (bicyclic) bond motifs is 1. The summed E-state index contributed by atoms with van der Waals surface area (Å²) in [7, 11) is 0. The number of nitrogens with zero attached hydrogens (tertiary/aromatic N) is 1. The molecule has 3 nitrogen and oxygen atoms in total. The molecular weight excluding hydrogens is 328 g/mol. The van der Waals surface area contributed by atoms with Gasteiger partial charge in [0.15, 0.2) is 0 Å². The molecule has 3 rings (SSSR count). The molecule has 0 fully saturated rings. The van der Waals surface area contributed by atoms with Gasteiger partial charge in [-0.15, -0.1) is 11.8 Å². The number of pyridine rings is 1. The molecule has 0 aliphatic rings. The second-order valence-electron chi connectivity index (χ2n) is 5.71. The molecule has 2 aromatic carbocycles. The van der Waals surface area contributed by atoms with Crippen LogP contribution in [0, 0.1) is 6.92 Å². The number of aromatic nitrogens is 1. The number of benzene rings is 2. The van der Waals surface area contributed by atoms with E-state index < -0.39 is 0 Å². The average molecular weight is 348 g/mol. The fourth-order valence-corrected chi connectivity index (χ4v) is 3.23. The normalized spacial score (nSPS) is 11.1. The molecule has 1 heterocycles. The molecule has 1 aromatic heterocycles. The van der Waals surface area contributed by atoms with Crippen molar-refractivity contribution in [3.63, 3.8) is 0 Å². The first-order chi connectivity index (χ1) is 12.2. The Kier molecular flexibility index (Phi) is 5.86. The maximum absolute atomic E-state index is 12.2. The van der Waals surface area contributed by atoms with E-state index in [4.69, 9.17) is 0 Å². The summed E-state index contributed by atoms with van der Waals surface area (Å²) in [6.07, 6.45) is 2.53. The van der Waals surface area contributed by atoms with Crippen molar-refractivity contribution >= 4 is 40.3 Å². The van der Waals surface area contributed by atoms with Crippen LogP contribution >= 0.6 is 11.8 Å². The quantitative estimate of drug-likeness (QED) is 0.617. The van der Waals surface area contributed by atoms with Crippen molar-refractivity contribution in [2.24, 2.45) is 0 Å². The first-order valence-electron chi connectivity index (χ1n) is 8.22. The van der Waals surface area contributed by atoms with Crippen molar-refractivity contribution in [1.29, 1.82) is 0 Å². The lowest BCUT2D eigenvalue weighted by Crippen LogP contribution is -2.12. The second kappa shape index (κ2) is 8.49. The lowest BCUT2D eigenvalue weighted by molar-refractivity contribution is -0.115. The zero-order chi connectivity index (χ0) is 17.5. The van der Waals surface area contributed by atoms with Crippen molar-refractivity contribution in [2.75, 3.05) is 11.1 Å². The summed E-state index contributed by atoms with van der Waals surface area (Å²) in [4.78, 5) is 16.7. The molecule has 4 heteroatoms. The van der Waals surface area contributed by atoms with Gasteiger partial charge in [-0.05, 0) is 36.1 Å². The molecule has 1 N–H and O–H groups in total. The van der Waals surface area contributed by atoms with Crippen molar-refractivity contribution in [3.8, 4) is 0 Å². The van der Waals surface area contributed by atoms with Gasteiger partial charge in [0, 0.05) is 23.3 Å². The first-order valence-corrected chi connectivity index (χ1v) is 9.27. The van der Waals surface area contributed by atoms with Crippen LogP contribution in [0.4, 0.5) is 5.69 Å². The van der Waals surface area contributed by atoms with Crippen LogP contribution < -0.4 is 5.32 Å². The van der Waals surface area contributed by atoms with Crippen LogP contribution in [0.1, 0.15) is 17.7 Å². The molecule has 0 unspecified atom stereocenters. The third-order valence-corrected chi connectivity index (χ3v) is 4.49. The average Bonchev–Trinajstić information content (AvgIpc) is 2.62. The Balaban J connectivity index is 1.54. The zero-order valence-electron chi connectivity index (χ0n) is 14.1. The number of hydrogen-bond acceptors (Lipinski definition) is 3. The predicted octanol–water partition coefficient (Wildman–Crippen LogP) is 5.28. The van der Waals surface area contributed by atoms with Gasteiger partial charge in [0.1, 0.15) is 0 Å². The molecule has 0 spiro atoms. The van der Waals surface area contributed by atoms with Gasteiger partial charge in [-0.25, -0.2) is 0 Å². The smallest absolute Gasteiger partial charge is 0.225 e. The molecule has 0 radical (unpaired) electrons. The van der Waals surface area contributed by atoms with E-state index in [-0.39, 0.29) is 5.91 Å². The van der Waals surface area contributed by atoms with Gasteiger partial charge >= 0.3 is 0 Å². The number of thioether (sulfide) groups is 1. The summed E-state index contributed by atoms with van der Waals surface area (Å²) in [5.41, 5.74) is 3.79. The lowest BCUT2D eigenvalue weighted by atomic mass is 10.1. The van der Waals surface area contributed by atoms with Gasteiger partial charge in [0.2, 0.25) is 5.91 Å². The number of hydrogen-bond donors (Lipinski definition) is 1. The van der Waals surface area contributed by atoms with E-state index in [0.29, 0.717) is 6.42 Å². The third kappa shape index (κ3) is 4.94. The van der Waals surface area contributed by atoms with Gasteiger partial charge in [0.05, 0.1) is 11.2 Å². The topological polar surface area (TPSA) is 42.0 Å². The van der Waals surface area contributed by atoms with Crippen molar-refractivity contribution in [1.82, 2.24) is 4.98 Å². The monoisotopic (exact) mass is 348 g/mol. The maximum Gasteiger partial charge on any atom is 0.225 e. The fraction of sp³-hybridized carbons (Fsp3) is 0.143. The molecule has 126 valence electrons. The van der Waals surface area contributed by atoms with E-state index in [2.05, 4.69) is 28.5 Å². The minimum Gasteiger partial charge on any atom is -0.325 e. The van der Waals surface area contributed by atoms with Crippen LogP contribution in [0.25, 0.3) is 17.0 Å². The predicted molar refractivity (Wildman–Crippen MR) is 108 cm³/mol. The summed E-state index contributed by atoms with van der Waals surface area (Å²) in [5.74, 6) is 0.772. The fourth-order valence-electron chi connectivity index (χ4n) is 2.53. The Morgan fingerprint density at radius 2 is 1.88 bits per heavy atom. The van der Waals surface area contributed by atoms with Crippen molar-refractivity contribution in [3.05, 3.63) is 77.3 Å². The number of anilines is 1.